The summed E-state index contributed by atoms with van der Waals surface area (Å²) in [5, 5.41) is 3.95. The van der Waals surface area contributed by atoms with Gasteiger partial charge in [0, 0.05) is 22.5 Å². The summed E-state index contributed by atoms with van der Waals surface area (Å²) in [5.41, 5.74) is 0. The molecule has 0 aromatic carbocycles. The third kappa shape index (κ3) is 4.16. The van der Waals surface area contributed by atoms with Crippen LogP contribution in [-0.2, 0) is 14.3 Å². The highest BCUT2D eigenvalue weighted by molar-refractivity contribution is 8.16. The monoisotopic (exact) mass is 437 g/mol. The Balaban J connectivity index is 0.00000144. The number of amides is 2. The molecule has 0 aromatic rings. The molecule has 5 atom stereocenters. The van der Waals surface area contributed by atoms with E-state index in [9.17, 15) is 9.59 Å². The molecule has 0 aromatic heterocycles. The molecule has 170 valence electrons. The van der Waals surface area contributed by atoms with E-state index in [1.807, 2.05) is 4.90 Å². The van der Waals surface area contributed by atoms with Crippen LogP contribution in [0.1, 0.15) is 74.0 Å². The third-order valence-electron chi connectivity index (χ3n) is 8.06. The number of aliphatic imine (C=N–C) groups is 1. The maximum Gasteiger partial charge on any atom is 0.251 e. The van der Waals surface area contributed by atoms with Gasteiger partial charge in [-0.2, -0.15) is 0 Å². The van der Waals surface area contributed by atoms with E-state index < -0.39 is 4.75 Å². The van der Waals surface area contributed by atoms with Gasteiger partial charge in [0.05, 0.1) is 10.8 Å². The van der Waals surface area contributed by atoms with Crippen molar-refractivity contribution >= 4 is 28.7 Å². The molecule has 0 spiro atoms. The number of nitrogens with zero attached hydrogens (tertiary/aromatic N) is 2. The Morgan fingerprint density at radius 3 is 2.80 bits per heavy atom. The SMILES string of the molecule is CC1(CC2CCN(C(=O)C3CCCO3)CC2)SC(=N[C@H]2C[C@@H]3CCCC2C3)NC1=O.[HH].[HH]. The van der Waals surface area contributed by atoms with Gasteiger partial charge in [0.15, 0.2) is 5.17 Å². The quantitative estimate of drug-likeness (QED) is 0.725. The number of piperidine rings is 1. The van der Waals surface area contributed by atoms with E-state index in [4.69, 9.17) is 9.73 Å². The maximum absolute atomic E-state index is 12.8. The van der Waals surface area contributed by atoms with Crippen LogP contribution in [0.15, 0.2) is 4.99 Å². The number of fused-ring (bicyclic) bond motifs is 2. The van der Waals surface area contributed by atoms with Crippen LogP contribution in [0.3, 0.4) is 0 Å². The Kier molecular flexibility index (Phi) is 5.86. The molecule has 6 nitrogen and oxygen atoms in total. The van der Waals surface area contributed by atoms with Crippen molar-refractivity contribution < 1.29 is 17.2 Å². The van der Waals surface area contributed by atoms with E-state index in [0.717, 1.165) is 62.2 Å². The zero-order valence-electron chi connectivity index (χ0n) is 18.1. The topological polar surface area (TPSA) is 71.0 Å². The van der Waals surface area contributed by atoms with Crippen molar-refractivity contribution in [3.8, 4) is 0 Å². The van der Waals surface area contributed by atoms with Crippen molar-refractivity contribution in [3.05, 3.63) is 0 Å². The molecule has 3 aliphatic heterocycles. The average molecular weight is 438 g/mol. The second kappa shape index (κ2) is 8.45. The first kappa shape index (κ1) is 20.8. The van der Waals surface area contributed by atoms with Gasteiger partial charge in [-0.3, -0.25) is 14.6 Å². The van der Waals surface area contributed by atoms with Crippen molar-refractivity contribution in [3.63, 3.8) is 0 Å². The molecule has 2 bridgehead atoms. The smallest absolute Gasteiger partial charge is 0.251 e. The standard InChI is InChI=1S/C23H35N3O3S.2H2/c1-23(14-15-7-9-26(10-8-15)20(27)19-6-3-11-29-19)21(28)25-22(30-23)24-18-13-16-4-2-5-17(18)12-16;;/h15-19H,2-14H2,1H3,(H,24,25,28);2*1H/t16-,17?,18+,19?,23?;;/m1../s1. The van der Waals surface area contributed by atoms with Crippen LogP contribution >= 0.6 is 11.8 Å². The van der Waals surface area contributed by atoms with Gasteiger partial charge in [0.25, 0.3) is 5.91 Å². The Morgan fingerprint density at radius 2 is 2.07 bits per heavy atom. The maximum atomic E-state index is 12.8. The lowest BCUT2D eigenvalue weighted by atomic mass is 9.87. The van der Waals surface area contributed by atoms with E-state index in [2.05, 4.69) is 12.2 Å². The fraction of sp³-hybridized carbons (Fsp3) is 0.870. The van der Waals surface area contributed by atoms with Gasteiger partial charge in [0.2, 0.25) is 5.91 Å². The van der Waals surface area contributed by atoms with Crippen molar-refractivity contribution in [2.45, 2.75) is 88.0 Å². The van der Waals surface area contributed by atoms with Crippen LogP contribution in [0.4, 0.5) is 0 Å². The average Bonchev–Trinajstić information content (AvgIpc) is 3.42. The second-order valence-corrected chi connectivity index (χ2v) is 11.8. The Bertz CT molecular complexity index is 725. The van der Waals surface area contributed by atoms with Gasteiger partial charge in [0.1, 0.15) is 6.10 Å². The predicted octanol–water partition coefficient (Wildman–Crippen LogP) is 3.84. The molecule has 5 aliphatic rings. The molecule has 3 unspecified atom stereocenters. The molecule has 2 aliphatic carbocycles. The molecule has 7 heteroatoms. The number of nitrogens with one attached hydrogen (secondary N) is 1. The molecule has 2 amide bonds. The summed E-state index contributed by atoms with van der Waals surface area (Å²) in [7, 11) is 0. The number of hydrogen-bond acceptors (Lipinski definition) is 5. The van der Waals surface area contributed by atoms with Crippen molar-refractivity contribution in [1.82, 2.24) is 10.2 Å². The number of likely N-dealkylation sites (tertiary alicyclic amines) is 1. The van der Waals surface area contributed by atoms with Crippen molar-refractivity contribution in [1.29, 1.82) is 0 Å². The van der Waals surface area contributed by atoms with Crippen LogP contribution in [0.2, 0.25) is 0 Å². The number of rotatable bonds is 4. The lowest BCUT2D eigenvalue weighted by Crippen LogP contribution is -2.45. The Labute approximate surface area is 186 Å². The Hall–Kier alpha value is -1.08. The molecule has 1 N–H and O–H groups in total. The lowest BCUT2D eigenvalue weighted by molar-refractivity contribution is -0.142. The molecule has 5 rings (SSSR count). The molecule has 2 saturated carbocycles. The first-order valence-electron chi connectivity index (χ1n) is 12.0. The van der Waals surface area contributed by atoms with Gasteiger partial charge in [-0.1, -0.05) is 24.6 Å². The molecule has 30 heavy (non-hydrogen) atoms. The highest BCUT2D eigenvalue weighted by Crippen LogP contribution is 2.45. The van der Waals surface area contributed by atoms with Crippen LogP contribution in [-0.4, -0.2) is 58.5 Å². The predicted molar refractivity (Wildman–Crippen MR) is 123 cm³/mol. The van der Waals surface area contributed by atoms with Crippen molar-refractivity contribution in [2.75, 3.05) is 19.7 Å². The minimum Gasteiger partial charge on any atom is -0.368 e. The van der Waals surface area contributed by atoms with Crippen LogP contribution in [0, 0.1) is 17.8 Å². The van der Waals surface area contributed by atoms with Crippen LogP contribution in [0.25, 0.3) is 0 Å². The molecule has 3 saturated heterocycles. The fourth-order valence-corrected chi connectivity index (χ4v) is 7.55. The third-order valence-corrected chi connectivity index (χ3v) is 9.26. The number of ether oxygens (including phenoxy) is 1. The highest BCUT2D eigenvalue weighted by Gasteiger charge is 2.46. The lowest BCUT2D eigenvalue weighted by Gasteiger charge is -2.35. The van der Waals surface area contributed by atoms with Crippen LogP contribution < -0.4 is 5.32 Å². The molecule has 0 radical (unpaired) electrons. The van der Waals surface area contributed by atoms with Gasteiger partial charge in [-0.05, 0) is 76.0 Å². The van der Waals surface area contributed by atoms with E-state index in [-0.39, 0.29) is 20.8 Å². The summed E-state index contributed by atoms with van der Waals surface area (Å²) in [6.07, 6.45) is 11.0. The largest absolute Gasteiger partial charge is 0.368 e. The van der Waals surface area contributed by atoms with Crippen LogP contribution in [0.5, 0.6) is 0 Å². The summed E-state index contributed by atoms with van der Waals surface area (Å²) in [5.74, 6) is 2.35. The van der Waals surface area contributed by atoms with Gasteiger partial charge < -0.3 is 15.0 Å². The van der Waals surface area contributed by atoms with Gasteiger partial charge in [-0.25, -0.2) is 0 Å². The molecular formula is C23H39N3O3S. The summed E-state index contributed by atoms with van der Waals surface area (Å²) < 4.78 is 5.13. The summed E-state index contributed by atoms with van der Waals surface area (Å²) in [4.78, 5) is 32.4. The Morgan fingerprint density at radius 1 is 1.23 bits per heavy atom. The zero-order valence-corrected chi connectivity index (χ0v) is 18.9. The number of carbonyl (C=O) groups excluding carboxylic acids is 2. The van der Waals surface area contributed by atoms with E-state index in [1.165, 1.54) is 32.1 Å². The summed E-state index contributed by atoms with van der Waals surface area (Å²) >= 11 is 1.65. The number of hydrogen-bond donors (Lipinski definition) is 1. The van der Waals surface area contributed by atoms with E-state index in [1.54, 1.807) is 11.8 Å². The normalized spacial score (nSPS) is 40.9. The first-order chi connectivity index (χ1) is 14.5. The van der Waals surface area contributed by atoms with E-state index in [0.29, 0.717) is 18.6 Å². The number of amidine groups is 1. The number of carbonyl (C=O) groups is 2. The fourth-order valence-electron chi connectivity index (χ4n) is 6.33. The summed E-state index contributed by atoms with van der Waals surface area (Å²) in [6, 6.07) is 0.412. The minimum atomic E-state index is -0.433. The second-order valence-electron chi connectivity index (χ2n) is 10.3. The molecule has 5 fully saturated rings. The molecule has 3 heterocycles. The van der Waals surface area contributed by atoms with E-state index >= 15 is 0 Å². The van der Waals surface area contributed by atoms with Gasteiger partial charge in [-0.15, -0.1) is 0 Å². The first-order valence-corrected chi connectivity index (χ1v) is 12.8. The van der Waals surface area contributed by atoms with Crippen molar-refractivity contribution in [2.24, 2.45) is 22.7 Å². The highest BCUT2D eigenvalue weighted by atomic mass is 32.2. The zero-order chi connectivity index (χ0) is 20.7. The number of thioether (sulfide) groups is 1. The molecular weight excluding hydrogens is 398 g/mol. The summed E-state index contributed by atoms with van der Waals surface area (Å²) in [6.45, 7) is 4.37. The minimum absolute atomic E-state index is 0. The van der Waals surface area contributed by atoms with Gasteiger partial charge >= 0.3 is 0 Å².